The smallest absolute Gasteiger partial charge is 0.415 e. The van der Waals surface area contributed by atoms with E-state index in [1.165, 1.54) is 11.0 Å². The van der Waals surface area contributed by atoms with Gasteiger partial charge in [-0.15, -0.1) is 0 Å². The van der Waals surface area contributed by atoms with Crippen LogP contribution in [-0.2, 0) is 23.8 Å². The number of nitrogens with zero attached hydrogens (tertiary/aromatic N) is 4. The van der Waals surface area contributed by atoms with Gasteiger partial charge in [0.05, 0.1) is 19.8 Å². The lowest BCUT2D eigenvalue weighted by molar-refractivity contribution is 0.0588. The molecule has 3 aromatic rings. The van der Waals surface area contributed by atoms with E-state index in [1.54, 1.807) is 50.8 Å². The first kappa shape index (κ1) is 33.4. The van der Waals surface area contributed by atoms with Crippen LogP contribution in [0.3, 0.4) is 0 Å². The minimum atomic E-state index is -3.90. The second kappa shape index (κ2) is 15.4. The van der Waals surface area contributed by atoms with Gasteiger partial charge in [0.15, 0.2) is 0 Å². The van der Waals surface area contributed by atoms with Gasteiger partial charge in [-0.2, -0.15) is 8.42 Å². The van der Waals surface area contributed by atoms with Crippen LogP contribution in [-0.4, -0.2) is 75.1 Å². The average molecular weight is 615 g/mol. The fourth-order valence-electron chi connectivity index (χ4n) is 3.46. The van der Waals surface area contributed by atoms with E-state index in [4.69, 9.17) is 23.1 Å². The monoisotopic (exact) mass is 614 g/mol. The molecule has 2 aromatic heterocycles. The molecule has 43 heavy (non-hydrogen) atoms. The van der Waals surface area contributed by atoms with Crippen molar-refractivity contribution >= 4 is 34.2 Å². The molecule has 0 fully saturated rings. The van der Waals surface area contributed by atoms with Crippen LogP contribution < -0.4 is 14.4 Å². The standard InChI is InChI=1S/C30H38N4O8S/c1-7-41-43(36,37)26-12-8-22(2)18-25(26)39-16-14-38-15-17-40-28-32-20-24(21-33-28)10-9-23-11-13-27(31-19-23)34(6)29(35)42-30(3,4)5/h8-13,18-21H,7,14-17H2,1-6H3. The van der Waals surface area contributed by atoms with Gasteiger partial charge in [-0.3, -0.25) is 9.08 Å². The van der Waals surface area contributed by atoms with Gasteiger partial charge in [-0.25, -0.2) is 19.7 Å². The predicted octanol–water partition coefficient (Wildman–Crippen LogP) is 4.92. The normalized spacial score (nSPS) is 11.9. The lowest BCUT2D eigenvalue weighted by Crippen LogP contribution is -2.34. The van der Waals surface area contributed by atoms with Crippen LogP contribution in [0.15, 0.2) is 53.8 Å². The third-order valence-corrected chi connectivity index (χ3v) is 6.91. The molecule has 0 aliphatic rings. The molecule has 13 heteroatoms. The maximum Gasteiger partial charge on any atom is 0.415 e. The van der Waals surface area contributed by atoms with Crippen LogP contribution in [0.5, 0.6) is 11.8 Å². The van der Waals surface area contributed by atoms with Gasteiger partial charge in [0, 0.05) is 31.2 Å². The van der Waals surface area contributed by atoms with E-state index in [-0.39, 0.29) is 49.7 Å². The second-order valence-electron chi connectivity index (χ2n) is 10.2. The summed E-state index contributed by atoms with van der Waals surface area (Å²) in [6, 6.07) is 8.58. The fourth-order valence-corrected chi connectivity index (χ4v) is 4.49. The number of anilines is 1. The number of aromatic nitrogens is 3. The van der Waals surface area contributed by atoms with Crippen molar-refractivity contribution in [3.63, 3.8) is 0 Å². The van der Waals surface area contributed by atoms with E-state index in [2.05, 4.69) is 15.0 Å². The summed E-state index contributed by atoms with van der Waals surface area (Å²) in [7, 11) is -2.29. The summed E-state index contributed by atoms with van der Waals surface area (Å²) in [6.45, 7) is 9.76. The molecule has 0 saturated heterocycles. The number of pyridine rings is 1. The molecule has 0 radical (unpaired) electrons. The number of aryl methyl sites for hydroxylation is 1. The highest BCUT2D eigenvalue weighted by atomic mass is 32.2. The van der Waals surface area contributed by atoms with E-state index in [0.29, 0.717) is 5.82 Å². The third kappa shape index (κ3) is 10.9. The molecule has 1 amide bonds. The number of carbonyl (C=O) groups is 1. The molecular formula is C30H38N4O8S. The maximum absolute atomic E-state index is 12.3. The summed E-state index contributed by atoms with van der Waals surface area (Å²) in [4.78, 5) is 26.3. The van der Waals surface area contributed by atoms with E-state index in [9.17, 15) is 13.2 Å². The highest BCUT2D eigenvalue weighted by Gasteiger charge is 2.22. The Labute approximate surface area is 252 Å². The zero-order valence-electron chi connectivity index (χ0n) is 25.3. The molecular weight excluding hydrogens is 576 g/mol. The lowest BCUT2D eigenvalue weighted by atomic mass is 10.2. The molecule has 232 valence electrons. The van der Waals surface area contributed by atoms with Crippen molar-refractivity contribution in [2.45, 2.75) is 45.1 Å². The zero-order valence-corrected chi connectivity index (χ0v) is 26.1. The number of hydrogen-bond donors (Lipinski definition) is 0. The summed E-state index contributed by atoms with van der Waals surface area (Å²) in [5.41, 5.74) is 1.86. The van der Waals surface area contributed by atoms with Crippen LogP contribution in [0.25, 0.3) is 12.2 Å². The molecule has 0 unspecified atom stereocenters. The highest BCUT2D eigenvalue weighted by Crippen LogP contribution is 2.26. The number of benzene rings is 1. The van der Waals surface area contributed by atoms with E-state index >= 15 is 0 Å². The minimum absolute atomic E-state index is 0.0172. The Bertz CT molecular complexity index is 1470. The maximum atomic E-state index is 12.3. The van der Waals surface area contributed by atoms with Gasteiger partial charge in [-0.1, -0.05) is 18.2 Å². The Kier molecular flexibility index (Phi) is 12.0. The number of ether oxygens (including phenoxy) is 4. The quantitative estimate of drug-likeness (QED) is 0.181. The first-order chi connectivity index (χ1) is 20.4. The topological polar surface area (TPSA) is 139 Å². The van der Waals surface area contributed by atoms with Crippen LogP contribution in [0, 0.1) is 6.92 Å². The molecule has 12 nitrogen and oxygen atoms in total. The van der Waals surface area contributed by atoms with Gasteiger partial charge < -0.3 is 18.9 Å². The van der Waals surface area contributed by atoms with E-state index in [0.717, 1.165) is 16.7 Å². The number of carbonyl (C=O) groups excluding carboxylic acids is 1. The summed E-state index contributed by atoms with van der Waals surface area (Å²) in [6.07, 6.45) is 8.11. The van der Waals surface area contributed by atoms with Crippen molar-refractivity contribution in [3.8, 4) is 11.8 Å². The molecule has 3 rings (SSSR count). The van der Waals surface area contributed by atoms with Crippen LogP contribution in [0.2, 0.25) is 0 Å². The zero-order chi connectivity index (χ0) is 31.5. The lowest BCUT2D eigenvalue weighted by Gasteiger charge is -2.24. The Morgan fingerprint density at radius 2 is 1.56 bits per heavy atom. The fraction of sp³-hybridized carbons (Fsp3) is 0.400. The summed E-state index contributed by atoms with van der Waals surface area (Å²) >= 11 is 0. The van der Waals surface area contributed by atoms with Crippen molar-refractivity contribution < 1.29 is 36.3 Å². The minimum Gasteiger partial charge on any atom is -0.490 e. The Balaban J connectivity index is 1.39. The van der Waals surface area contributed by atoms with Gasteiger partial charge in [0.2, 0.25) is 0 Å². The van der Waals surface area contributed by atoms with Crippen molar-refractivity contribution in [1.82, 2.24) is 15.0 Å². The van der Waals surface area contributed by atoms with Crippen molar-refractivity contribution in [1.29, 1.82) is 0 Å². The molecule has 1 aromatic carbocycles. The molecule has 0 saturated carbocycles. The first-order valence-corrected chi connectivity index (χ1v) is 15.0. The van der Waals surface area contributed by atoms with E-state index < -0.39 is 21.8 Å². The molecule has 0 bridgehead atoms. The molecule has 0 aliphatic carbocycles. The molecule has 0 spiro atoms. The summed E-state index contributed by atoms with van der Waals surface area (Å²) in [5.74, 6) is 0.691. The largest absolute Gasteiger partial charge is 0.490 e. The highest BCUT2D eigenvalue weighted by molar-refractivity contribution is 7.86. The average Bonchev–Trinajstić information content (AvgIpc) is 2.95. The predicted molar refractivity (Wildman–Crippen MR) is 162 cm³/mol. The van der Waals surface area contributed by atoms with Gasteiger partial charge >= 0.3 is 22.2 Å². The Hall–Kier alpha value is -4.07. The van der Waals surface area contributed by atoms with Gasteiger partial charge in [-0.05, 0) is 70.0 Å². The Morgan fingerprint density at radius 3 is 2.19 bits per heavy atom. The van der Waals surface area contributed by atoms with Gasteiger partial charge in [0.25, 0.3) is 0 Å². The third-order valence-electron chi connectivity index (χ3n) is 5.48. The van der Waals surface area contributed by atoms with E-state index in [1.807, 2.05) is 45.9 Å². The second-order valence-corrected chi connectivity index (χ2v) is 11.8. The Morgan fingerprint density at radius 1 is 0.907 bits per heavy atom. The summed E-state index contributed by atoms with van der Waals surface area (Å²) < 4.78 is 51.5. The molecule has 2 heterocycles. The SMILES string of the molecule is CCOS(=O)(=O)c1ccc(C)cc1OCCOCCOc1ncc(C=Cc2ccc(N(C)C(=O)OC(C)(C)C)nc2)cn1. The molecule has 0 atom stereocenters. The number of amides is 1. The summed E-state index contributed by atoms with van der Waals surface area (Å²) in [5, 5.41) is 0. The first-order valence-electron chi connectivity index (χ1n) is 13.6. The van der Waals surface area contributed by atoms with Gasteiger partial charge in [0.1, 0.15) is 35.3 Å². The van der Waals surface area contributed by atoms with Crippen molar-refractivity contribution in [2.24, 2.45) is 0 Å². The van der Waals surface area contributed by atoms with Crippen molar-refractivity contribution in [2.75, 3.05) is 45.0 Å². The number of rotatable bonds is 14. The number of hydrogen-bond acceptors (Lipinski definition) is 11. The van der Waals surface area contributed by atoms with Crippen LogP contribution in [0.1, 0.15) is 44.4 Å². The van der Waals surface area contributed by atoms with Crippen molar-refractivity contribution in [3.05, 3.63) is 65.6 Å². The molecule has 0 aliphatic heterocycles. The van der Waals surface area contributed by atoms with Crippen LogP contribution >= 0.6 is 0 Å². The van der Waals surface area contributed by atoms with Crippen LogP contribution in [0.4, 0.5) is 10.6 Å². The molecule has 0 N–H and O–H groups in total.